The van der Waals surface area contributed by atoms with E-state index < -0.39 is 0 Å². The maximum absolute atomic E-state index is 10.1. The molecule has 0 amide bonds. The largest absolute Gasteiger partial charge is 0.507 e. The molecule has 4 N–H and O–H groups in total. The first-order valence-corrected chi connectivity index (χ1v) is 7.75. The molecule has 0 spiro atoms. The summed E-state index contributed by atoms with van der Waals surface area (Å²) in [5.41, 5.74) is 7.29. The molecule has 1 unspecified atom stereocenters. The number of phenols is 1. The highest BCUT2D eigenvalue weighted by atomic mass is 35.5. The molecule has 1 fully saturated rings. The average molecular weight is 330 g/mol. The number of nitriles is 1. The number of nitrogen functional groups attached to an aromatic ring is 1. The zero-order valence-electron chi connectivity index (χ0n) is 12.4. The van der Waals surface area contributed by atoms with Gasteiger partial charge in [0.15, 0.2) is 5.82 Å². The van der Waals surface area contributed by atoms with Crippen molar-refractivity contribution in [3.63, 3.8) is 0 Å². The quantitative estimate of drug-likeness (QED) is 0.781. The molecule has 0 saturated carbocycles. The predicted molar refractivity (Wildman–Crippen MR) is 88.1 cm³/mol. The molecule has 1 aromatic heterocycles. The van der Waals surface area contributed by atoms with Crippen LogP contribution >= 0.6 is 11.6 Å². The van der Waals surface area contributed by atoms with Crippen LogP contribution in [0.15, 0.2) is 18.2 Å². The summed E-state index contributed by atoms with van der Waals surface area (Å²) < 4.78 is 0. The normalized spacial score (nSPS) is 17.7. The number of aromatic nitrogens is 2. The molecule has 2 aromatic rings. The summed E-state index contributed by atoms with van der Waals surface area (Å²) in [6, 6.07) is 6.75. The van der Waals surface area contributed by atoms with Gasteiger partial charge in [-0.3, -0.25) is 0 Å². The van der Waals surface area contributed by atoms with Crippen molar-refractivity contribution in [3.05, 3.63) is 34.5 Å². The minimum absolute atomic E-state index is 0.0197. The number of benzene rings is 1. The van der Waals surface area contributed by atoms with Crippen molar-refractivity contribution in [2.45, 2.75) is 18.8 Å². The van der Waals surface area contributed by atoms with Gasteiger partial charge in [-0.1, -0.05) is 11.6 Å². The van der Waals surface area contributed by atoms with Gasteiger partial charge in [0.2, 0.25) is 0 Å². The highest BCUT2D eigenvalue weighted by Crippen LogP contribution is 2.33. The number of anilines is 1. The highest BCUT2D eigenvalue weighted by molar-refractivity contribution is 6.30. The van der Waals surface area contributed by atoms with Gasteiger partial charge < -0.3 is 16.2 Å². The van der Waals surface area contributed by atoms with Gasteiger partial charge in [-0.2, -0.15) is 5.26 Å². The van der Waals surface area contributed by atoms with E-state index in [0.717, 1.165) is 25.9 Å². The molecule has 1 atom stereocenters. The molecular formula is C16H16ClN5O. The summed E-state index contributed by atoms with van der Waals surface area (Å²) in [5, 5.41) is 23.2. The maximum Gasteiger partial charge on any atom is 0.165 e. The second kappa shape index (κ2) is 6.41. The number of aromatic hydroxyl groups is 1. The molecule has 2 heterocycles. The van der Waals surface area contributed by atoms with Crippen LogP contribution in [-0.4, -0.2) is 28.2 Å². The topological polar surface area (TPSA) is 108 Å². The van der Waals surface area contributed by atoms with Gasteiger partial charge in [-0.05, 0) is 37.6 Å². The Balaban J connectivity index is 2.14. The molecule has 3 rings (SSSR count). The highest BCUT2D eigenvalue weighted by Gasteiger charge is 2.24. The van der Waals surface area contributed by atoms with E-state index in [0.29, 0.717) is 21.8 Å². The monoisotopic (exact) mass is 329 g/mol. The molecule has 1 aliphatic heterocycles. The third kappa shape index (κ3) is 3.07. The number of halogens is 1. The van der Waals surface area contributed by atoms with E-state index in [1.54, 1.807) is 12.1 Å². The van der Waals surface area contributed by atoms with Crippen molar-refractivity contribution in [3.8, 4) is 23.2 Å². The second-order valence-electron chi connectivity index (χ2n) is 5.51. The standard InChI is InChI=1S/C16H16ClN5O/c17-10-3-4-13(23)11(6-10)16-21-14(9-2-1-5-20-8-9)12(7-18)15(19)22-16/h3-4,6,9,20,23H,1-2,5,8H2,(H2,19,21,22). The van der Waals surface area contributed by atoms with E-state index in [9.17, 15) is 10.4 Å². The lowest BCUT2D eigenvalue weighted by atomic mass is 9.93. The number of hydrogen-bond acceptors (Lipinski definition) is 6. The fourth-order valence-electron chi connectivity index (χ4n) is 2.80. The summed E-state index contributed by atoms with van der Waals surface area (Å²) in [4.78, 5) is 8.70. The van der Waals surface area contributed by atoms with Crippen LogP contribution in [0.3, 0.4) is 0 Å². The lowest BCUT2D eigenvalue weighted by molar-refractivity contribution is 0.453. The van der Waals surface area contributed by atoms with Crippen LogP contribution in [0.2, 0.25) is 5.02 Å². The molecule has 7 heteroatoms. The smallest absolute Gasteiger partial charge is 0.165 e. The number of piperidine rings is 1. The number of nitrogens with two attached hydrogens (primary N) is 1. The van der Waals surface area contributed by atoms with Gasteiger partial charge in [0, 0.05) is 17.5 Å². The summed E-state index contributed by atoms with van der Waals surface area (Å²) in [6.45, 7) is 1.70. The van der Waals surface area contributed by atoms with E-state index in [-0.39, 0.29) is 23.3 Å². The Morgan fingerprint density at radius 2 is 2.22 bits per heavy atom. The van der Waals surface area contributed by atoms with Gasteiger partial charge in [0.05, 0.1) is 11.3 Å². The third-order valence-electron chi connectivity index (χ3n) is 3.96. The zero-order valence-corrected chi connectivity index (χ0v) is 13.1. The molecule has 6 nitrogen and oxygen atoms in total. The van der Waals surface area contributed by atoms with Crippen LogP contribution in [0.4, 0.5) is 5.82 Å². The maximum atomic E-state index is 10.1. The lowest BCUT2D eigenvalue weighted by Crippen LogP contribution is -2.29. The first-order chi connectivity index (χ1) is 11.1. The zero-order chi connectivity index (χ0) is 16.4. The van der Waals surface area contributed by atoms with Crippen LogP contribution in [0.1, 0.15) is 30.0 Å². The molecule has 0 bridgehead atoms. The molecule has 0 aliphatic carbocycles. The number of rotatable bonds is 2. The molecule has 23 heavy (non-hydrogen) atoms. The Labute approximate surface area is 138 Å². The van der Waals surface area contributed by atoms with Crippen LogP contribution in [-0.2, 0) is 0 Å². The molecule has 1 aliphatic rings. The van der Waals surface area contributed by atoms with E-state index in [1.807, 2.05) is 0 Å². The summed E-state index contributed by atoms with van der Waals surface area (Å²) >= 11 is 5.99. The Kier molecular flexibility index (Phi) is 4.33. The summed E-state index contributed by atoms with van der Waals surface area (Å²) in [5.74, 6) is 0.523. The van der Waals surface area contributed by atoms with Crippen molar-refractivity contribution in [1.29, 1.82) is 5.26 Å². The second-order valence-corrected chi connectivity index (χ2v) is 5.95. The SMILES string of the molecule is N#Cc1c(N)nc(-c2cc(Cl)ccc2O)nc1C1CCCNC1. The van der Waals surface area contributed by atoms with Gasteiger partial charge in [0.1, 0.15) is 23.2 Å². The third-order valence-corrected chi connectivity index (χ3v) is 4.19. The fourth-order valence-corrected chi connectivity index (χ4v) is 2.97. The number of nitrogens with one attached hydrogen (secondary N) is 1. The molecule has 118 valence electrons. The van der Waals surface area contributed by atoms with E-state index in [2.05, 4.69) is 21.4 Å². The van der Waals surface area contributed by atoms with Gasteiger partial charge in [-0.25, -0.2) is 9.97 Å². The number of nitrogens with zero attached hydrogens (tertiary/aromatic N) is 3. The Bertz CT molecular complexity index is 781. The van der Waals surface area contributed by atoms with Crippen molar-refractivity contribution in [1.82, 2.24) is 15.3 Å². The van der Waals surface area contributed by atoms with E-state index in [4.69, 9.17) is 17.3 Å². The average Bonchev–Trinajstić information content (AvgIpc) is 2.57. The Morgan fingerprint density at radius 1 is 1.39 bits per heavy atom. The Hall–Kier alpha value is -2.36. The summed E-state index contributed by atoms with van der Waals surface area (Å²) in [6.07, 6.45) is 1.94. The minimum Gasteiger partial charge on any atom is -0.507 e. The lowest BCUT2D eigenvalue weighted by Gasteiger charge is -2.23. The van der Waals surface area contributed by atoms with Gasteiger partial charge >= 0.3 is 0 Å². The van der Waals surface area contributed by atoms with Crippen molar-refractivity contribution in [2.24, 2.45) is 0 Å². The minimum atomic E-state index is 0.0197. The van der Waals surface area contributed by atoms with Gasteiger partial charge in [-0.15, -0.1) is 0 Å². The van der Waals surface area contributed by atoms with Gasteiger partial charge in [0.25, 0.3) is 0 Å². The molecule has 0 radical (unpaired) electrons. The molecule has 1 aromatic carbocycles. The van der Waals surface area contributed by atoms with E-state index >= 15 is 0 Å². The number of hydrogen-bond donors (Lipinski definition) is 3. The van der Waals surface area contributed by atoms with Crippen molar-refractivity contribution < 1.29 is 5.11 Å². The van der Waals surface area contributed by atoms with Crippen LogP contribution in [0.25, 0.3) is 11.4 Å². The number of phenolic OH excluding ortho intramolecular Hbond substituents is 1. The van der Waals surface area contributed by atoms with E-state index in [1.165, 1.54) is 6.07 Å². The van der Waals surface area contributed by atoms with Crippen LogP contribution < -0.4 is 11.1 Å². The molecule has 1 saturated heterocycles. The van der Waals surface area contributed by atoms with Crippen molar-refractivity contribution >= 4 is 17.4 Å². The fraction of sp³-hybridized carbons (Fsp3) is 0.312. The van der Waals surface area contributed by atoms with Crippen LogP contribution in [0.5, 0.6) is 5.75 Å². The van der Waals surface area contributed by atoms with Crippen LogP contribution in [0, 0.1) is 11.3 Å². The first kappa shape index (κ1) is 15.5. The first-order valence-electron chi connectivity index (χ1n) is 7.37. The predicted octanol–water partition coefficient (Wildman–Crippen LogP) is 2.42. The van der Waals surface area contributed by atoms with Crippen molar-refractivity contribution in [2.75, 3.05) is 18.8 Å². The molecular weight excluding hydrogens is 314 g/mol. The Morgan fingerprint density at radius 3 is 2.91 bits per heavy atom. The summed E-state index contributed by atoms with van der Waals surface area (Å²) in [7, 11) is 0.